The maximum Gasteiger partial charge on any atom is -0.00978 e. The second-order valence-electron chi connectivity index (χ2n) is 16.4. The van der Waals surface area contributed by atoms with Crippen molar-refractivity contribution in [3.05, 3.63) is 0 Å². The molecule has 0 aliphatic heterocycles. The van der Waals surface area contributed by atoms with Gasteiger partial charge in [-0.2, -0.15) is 12.6 Å². The van der Waals surface area contributed by atoms with Crippen molar-refractivity contribution in [2.75, 3.05) is 5.75 Å². The highest BCUT2D eigenvalue weighted by Gasteiger charge is 2.89. The molecule has 0 N–H and O–H groups in total. The molecule has 0 amide bonds. The quantitative estimate of drug-likeness (QED) is 0.362. The minimum absolute atomic E-state index is 1.06. The Kier molecular flexibility index (Phi) is 2.99. The van der Waals surface area contributed by atoms with Crippen molar-refractivity contribution in [1.29, 1.82) is 0 Å². The van der Waals surface area contributed by atoms with Crippen LogP contribution in [0.4, 0.5) is 0 Å². The van der Waals surface area contributed by atoms with Gasteiger partial charge in [0, 0.05) is 0 Å². The molecule has 0 saturated heterocycles. The van der Waals surface area contributed by atoms with E-state index in [-0.39, 0.29) is 0 Å². The van der Waals surface area contributed by atoms with Gasteiger partial charge >= 0.3 is 0 Å². The zero-order valence-corrected chi connectivity index (χ0v) is 21.7. The van der Waals surface area contributed by atoms with Gasteiger partial charge < -0.3 is 0 Å². The van der Waals surface area contributed by atoms with E-state index in [9.17, 15) is 0 Å². The van der Waals surface area contributed by atoms with Gasteiger partial charge in [0.05, 0.1) is 0 Å². The maximum atomic E-state index is 4.54. The molecule has 11 fully saturated rings. The Balaban J connectivity index is 0.892. The summed E-state index contributed by atoms with van der Waals surface area (Å²) < 4.78 is 0. The van der Waals surface area contributed by atoms with Crippen LogP contribution in [-0.2, 0) is 0 Å². The first kappa shape index (κ1) is 18.6. The van der Waals surface area contributed by atoms with E-state index < -0.39 is 0 Å². The molecule has 0 nitrogen and oxygen atoms in total. The summed E-state index contributed by atoms with van der Waals surface area (Å²) in [7, 11) is 0. The molecule has 33 heavy (non-hydrogen) atoms. The Morgan fingerprint density at radius 1 is 0.455 bits per heavy atom. The fourth-order valence-corrected chi connectivity index (χ4v) is 17.5. The van der Waals surface area contributed by atoms with E-state index in [2.05, 4.69) is 33.4 Å². The van der Waals surface area contributed by atoms with Crippen LogP contribution in [-0.4, -0.2) is 5.75 Å². The third kappa shape index (κ3) is 1.49. The number of hydrogen-bond donors (Lipinski definition) is 1. The lowest BCUT2D eigenvalue weighted by atomic mass is 9.15. The molecule has 0 aromatic rings. The zero-order valence-electron chi connectivity index (χ0n) is 20.8. The van der Waals surface area contributed by atoms with Gasteiger partial charge in [-0.05, 0) is 173 Å². The maximum absolute atomic E-state index is 4.54. The molecule has 0 spiro atoms. The Bertz CT molecular complexity index is 972. The van der Waals surface area contributed by atoms with Gasteiger partial charge in [0.1, 0.15) is 0 Å². The van der Waals surface area contributed by atoms with Gasteiger partial charge in [0.25, 0.3) is 0 Å². The van der Waals surface area contributed by atoms with Crippen molar-refractivity contribution in [2.24, 2.45) is 142 Å². The summed E-state index contributed by atoms with van der Waals surface area (Å²) in [4.78, 5) is 0. The second-order valence-corrected chi connectivity index (χ2v) is 16.9. The molecule has 0 aromatic heterocycles. The van der Waals surface area contributed by atoms with E-state index in [0.717, 1.165) is 35.3 Å². The Labute approximate surface area is 206 Å². The van der Waals surface area contributed by atoms with Crippen LogP contribution in [0.5, 0.6) is 0 Å². The molecule has 0 heterocycles. The van der Waals surface area contributed by atoms with Gasteiger partial charge in [-0.1, -0.05) is 20.8 Å². The Morgan fingerprint density at radius 2 is 0.848 bits per heavy atom. The van der Waals surface area contributed by atoms with E-state index in [1.54, 1.807) is 12.8 Å². The average molecular weight is 461 g/mol. The lowest BCUT2D eigenvalue weighted by Gasteiger charge is -2.89. The molecule has 178 valence electrons. The lowest BCUT2D eigenvalue weighted by Crippen LogP contribution is -2.86. The van der Waals surface area contributed by atoms with Crippen molar-refractivity contribution in [3.63, 3.8) is 0 Å². The van der Waals surface area contributed by atoms with Crippen LogP contribution < -0.4 is 0 Å². The molecule has 0 aromatic carbocycles. The fraction of sp³-hybridized carbons (Fsp3) is 1.00. The van der Waals surface area contributed by atoms with Crippen LogP contribution in [0.2, 0.25) is 0 Å². The molecule has 11 saturated carbocycles. The average Bonchev–Trinajstić information content (AvgIpc) is 3.12. The first-order chi connectivity index (χ1) is 16.2. The molecule has 0 bridgehead atoms. The molecule has 11 aliphatic rings. The largest absolute Gasteiger partial charge is 0.179 e. The van der Waals surface area contributed by atoms with Crippen LogP contribution in [0.25, 0.3) is 0 Å². The highest BCUT2D eigenvalue weighted by molar-refractivity contribution is 7.80. The van der Waals surface area contributed by atoms with Crippen molar-refractivity contribution in [1.82, 2.24) is 0 Å². The zero-order chi connectivity index (χ0) is 21.4. The summed E-state index contributed by atoms with van der Waals surface area (Å²) in [6.45, 7) is 8.21. The standard InChI is InChI=1S/C32H44S/c1-9-12(5-4-8-33)19-16(9)24-28(19)31-27-18-11(3)15-10(2)17-23-20-13-6-7-14(13)21(20)29(23)25(17)22(15)26(18)30(27)32(24)31/h9-33H,4-8H2,1-3H3. The van der Waals surface area contributed by atoms with E-state index in [0.29, 0.717) is 0 Å². The molecule has 11 rings (SSSR count). The second kappa shape index (κ2) is 5.31. The van der Waals surface area contributed by atoms with E-state index in [4.69, 9.17) is 0 Å². The molecule has 24 atom stereocenters. The third-order valence-corrected chi connectivity index (χ3v) is 17.8. The van der Waals surface area contributed by atoms with Crippen molar-refractivity contribution < 1.29 is 0 Å². The lowest BCUT2D eigenvalue weighted by molar-refractivity contribution is -0.423. The van der Waals surface area contributed by atoms with Gasteiger partial charge in [0.15, 0.2) is 0 Å². The summed E-state index contributed by atoms with van der Waals surface area (Å²) in [5, 5.41) is 0. The van der Waals surface area contributed by atoms with Crippen molar-refractivity contribution in [3.8, 4) is 0 Å². The molecule has 1 heteroatoms. The van der Waals surface area contributed by atoms with E-state index in [1.807, 2.05) is 0 Å². The van der Waals surface area contributed by atoms with Crippen LogP contribution in [0.15, 0.2) is 0 Å². The highest BCUT2D eigenvalue weighted by Crippen LogP contribution is 2.93. The number of rotatable bonds is 3. The molecule has 11 aliphatic carbocycles. The summed E-state index contributed by atoms with van der Waals surface area (Å²) >= 11 is 4.54. The molecular formula is C32H44S. The summed E-state index contributed by atoms with van der Waals surface area (Å²) in [5.41, 5.74) is 0. The molecule has 0 radical (unpaired) electrons. The first-order valence-electron chi connectivity index (χ1n) is 15.8. The summed E-state index contributed by atoms with van der Waals surface area (Å²) in [5.74, 6) is 29.8. The predicted octanol–water partition coefficient (Wildman–Crippen LogP) is 6.47. The first-order valence-corrected chi connectivity index (χ1v) is 16.4. The summed E-state index contributed by atoms with van der Waals surface area (Å²) in [6.07, 6.45) is 6.13. The van der Waals surface area contributed by atoms with Gasteiger partial charge in [-0.3, -0.25) is 0 Å². The SMILES string of the molecule is CC1C2C(C)C3C(C2C2C1C1C4C5CCC5C4C12)C1C3C2C3C4C(CCCS)C(C)C4C3C12. The van der Waals surface area contributed by atoms with Crippen LogP contribution >= 0.6 is 12.6 Å². The molecule has 24 unspecified atom stereocenters. The van der Waals surface area contributed by atoms with Gasteiger partial charge in [0.2, 0.25) is 0 Å². The number of fused-ring (bicyclic) bond motifs is 26. The highest BCUT2D eigenvalue weighted by atomic mass is 32.1. The third-order valence-electron chi connectivity index (χ3n) is 17.5. The van der Waals surface area contributed by atoms with E-state index >= 15 is 0 Å². The monoisotopic (exact) mass is 460 g/mol. The van der Waals surface area contributed by atoms with Gasteiger partial charge in [-0.15, -0.1) is 0 Å². The van der Waals surface area contributed by atoms with Crippen LogP contribution in [0.1, 0.15) is 46.5 Å². The minimum atomic E-state index is 1.06. The number of hydrogen-bond acceptors (Lipinski definition) is 1. The van der Waals surface area contributed by atoms with E-state index in [1.165, 1.54) is 125 Å². The van der Waals surface area contributed by atoms with Crippen molar-refractivity contribution >= 4 is 12.6 Å². The van der Waals surface area contributed by atoms with Gasteiger partial charge in [-0.25, -0.2) is 0 Å². The minimum Gasteiger partial charge on any atom is -0.179 e. The van der Waals surface area contributed by atoms with Crippen molar-refractivity contribution in [2.45, 2.75) is 46.5 Å². The Hall–Kier alpha value is 0.350. The summed E-state index contributed by atoms with van der Waals surface area (Å²) in [6, 6.07) is 0. The van der Waals surface area contributed by atoms with Crippen LogP contribution in [0, 0.1) is 142 Å². The fourth-order valence-electron chi connectivity index (χ4n) is 17.3. The Morgan fingerprint density at radius 3 is 1.36 bits per heavy atom. The normalized spacial score (nSPS) is 81.5. The topological polar surface area (TPSA) is 0 Å². The molecular weight excluding hydrogens is 416 g/mol. The van der Waals surface area contributed by atoms with Crippen LogP contribution in [0.3, 0.4) is 0 Å². The number of thiol groups is 1. The smallest absolute Gasteiger partial charge is 0.00978 e. The predicted molar refractivity (Wildman–Crippen MR) is 133 cm³/mol.